The van der Waals surface area contributed by atoms with Crippen molar-refractivity contribution in [2.45, 2.75) is 6.61 Å². The van der Waals surface area contributed by atoms with Gasteiger partial charge in [-0.3, -0.25) is 0 Å². The normalized spacial score (nSPS) is 10.3. The SMILES string of the molecule is Brc1cc(COc2ccccc2)c(Br)s1. The molecule has 1 nitrogen and oxygen atoms in total. The molecule has 0 atom stereocenters. The van der Waals surface area contributed by atoms with Gasteiger partial charge in [-0.05, 0) is 50.1 Å². The summed E-state index contributed by atoms with van der Waals surface area (Å²) in [5.74, 6) is 0.895. The van der Waals surface area contributed by atoms with E-state index < -0.39 is 0 Å². The molecule has 1 heterocycles. The zero-order valence-corrected chi connectivity index (χ0v) is 11.7. The van der Waals surface area contributed by atoms with Gasteiger partial charge in [-0.1, -0.05) is 18.2 Å². The topological polar surface area (TPSA) is 9.23 Å². The van der Waals surface area contributed by atoms with Crippen molar-refractivity contribution in [3.63, 3.8) is 0 Å². The lowest BCUT2D eigenvalue weighted by molar-refractivity contribution is 0.306. The molecule has 0 N–H and O–H groups in total. The van der Waals surface area contributed by atoms with Crippen LogP contribution < -0.4 is 4.74 Å². The van der Waals surface area contributed by atoms with Crippen molar-refractivity contribution >= 4 is 43.2 Å². The molecule has 2 rings (SSSR count). The number of ether oxygens (including phenoxy) is 1. The number of para-hydroxylation sites is 1. The Morgan fingerprint density at radius 1 is 1.13 bits per heavy atom. The van der Waals surface area contributed by atoms with E-state index in [1.807, 2.05) is 30.3 Å². The summed E-state index contributed by atoms with van der Waals surface area (Å²) in [6.45, 7) is 0.590. The molecule has 1 aromatic heterocycles. The average molecular weight is 348 g/mol. The quantitative estimate of drug-likeness (QED) is 0.771. The molecule has 0 saturated heterocycles. The summed E-state index contributed by atoms with van der Waals surface area (Å²) in [7, 11) is 0. The molecule has 0 aliphatic rings. The fourth-order valence-electron chi connectivity index (χ4n) is 1.15. The number of thiophene rings is 1. The van der Waals surface area contributed by atoms with Crippen LogP contribution in [0.5, 0.6) is 5.75 Å². The molecule has 0 saturated carbocycles. The maximum atomic E-state index is 5.64. The summed E-state index contributed by atoms with van der Waals surface area (Å²) < 4.78 is 7.87. The Morgan fingerprint density at radius 3 is 2.47 bits per heavy atom. The van der Waals surface area contributed by atoms with E-state index in [4.69, 9.17) is 4.74 Å². The third kappa shape index (κ3) is 3.06. The largest absolute Gasteiger partial charge is 0.489 e. The van der Waals surface area contributed by atoms with E-state index in [-0.39, 0.29) is 0 Å². The van der Waals surface area contributed by atoms with Gasteiger partial charge in [0.05, 0.1) is 7.57 Å². The van der Waals surface area contributed by atoms with Crippen molar-refractivity contribution in [3.05, 3.63) is 49.5 Å². The van der Waals surface area contributed by atoms with Crippen LogP contribution in [0.4, 0.5) is 0 Å². The molecule has 4 heteroatoms. The summed E-state index contributed by atoms with van der Waals surface area (Å²) in [5.41, 5.74) is 1.16. The summed E-state index contributed by atoms with van der Waals surface area (Å²) in [6.07, 6.45) is 0. The highest BCUT2D eigenvalue weighted by Crippen LogP contribution is 2.32. The fraction of sp³-hybridized carbons (Fsp3) is 0.0909. The Balaban J connectivity index is 2.02. The van der Waals surface area contributed by atoms with Crippen molar-refractivity contribution in [2.75, 3.05) is 0 Å². The van der Waals surface area contributed by atoms with Gasteiger partial charge in [-0.2, -0.15) is 0 Å². The Bertz CT molecular complexity index is 439. The van der Waals surface area contributed by atoms with Crippen LogP contribution in [0.15, 0.2) is 44.0 Å². The summed E-state index contributed by atoms with van der Waals surface area (Å²) >= 11 is 8.60. The zero-order valence-electron chi connectivity index (χ0n) is 7.74. The van der Waals surface area contributed by atoms with E-state index >= 15 is 0 Å². The predicted molar refractivity (Wildman–Crippen MR) is 70.5 cm³/mol. The van der Waals surface area contributed by atoms with E-state index in [0.29, 0.717) is 6.61 Å². The van der Waals surface area contributed by atoms with Crippen LogP contribution in [-0.4, -0.2) is 0 Å². The van der Waals surface area contributed by atoms with Crippen molar-refractivity contribution in [1.29, 1.82) is 0 Å². The van der Waals surface area contributed by atoms with Crippen molar-refractivity contribution in [2.24, 2.45) is 0 Å². The third-order valence-electron chi connectivity index (χ3n) is 1.86. The lowest BCUT2D eigenvalue weighted by Gasteiger charge is -2.04. The summed E-state index contributed by atoms with van der Waals surface area (Å²) in [4.78, 5) is 0. The van der Waals surface area contributed by atoms with Gasteiger partial charge in [0, 0.05) is 5.56 Å². The van der Waals surface area contributed by atoms with E-state index in [1.165, 1.54) is 0 Å². The van der Waals surface area contributed by atoms with Crippen LogP contribution in [-0.2, 0) is 6.61 Å². The van der Waals surface area contributed by atoms with Gasteiger partial charge in [0.1, 0.15) is 12.4 Å². The number of halogens is 2. The molecule has 1 aromatic carbocycles. The lowest BCUT2D eigenvalue weighted by atomic mass is 10.3. The minimum absolute atomic E-state index is 0.590. The Hall–Kier alpha value is -0.320. The van der Waals surface area contributed by atoms with Gasteiger partial charge >= 0.3 is 0 Å². The highest BCUT2D eigenvalue weighted by Gasteiger charge is 2.05. The third-order valence-corrected chi connectivity index (χ3v) is 4.33. The number of hydrogen-bond donors (Lipinski definition) is 0. The maximum absolute atomic E-state index is 5.64. The minimum atomic E-state index is 0.590. The van der Waals surface area contributed by atoms with Gasteiger partial charge < -0.3 is 4.74 Å². The van der Waals surface area contributed by atoms with Gasteiger partial charge in [0.15, 0.2) is 0 Å². The van der Waals surface area contributed by atoms with Crippen molar-refractivity contribution in [3.8, 4) is 5.75 Å². The zero-order chi connectivity index (χ0) is 10.7. The first-order valence-electron chi connectivity index (χ1n) is 4.37. The second kappa shape index (κ2) is 5.14. The molecular weight excluding hydrogens is 340 g/mol. The average Bonchev–Trinajstić information content (AvgIpc) is 2.56. The molecule has 0 radical (unpaired) electrons. The minimum Gasteiger partial charge on any atom is -0.489 e. The van der Waals surface area contributed by atoms with Gasteiger partial charge in [-0.25, -0.2) is 0 Å². The molecule has 78 valence electrons. The highest BCUT2D eigenvalue weighted by molar-refractivity contribution is 9.12. The molecule has 0 spiro atoms. The first-order valence-corrected chi connectivity index (χ1v) is 6.77. The van der Waals surface area contributed by atoms with E-state index in [1.54, 1.807) is 11.3 Å². The van der Waals surface area contributed by atoms with Crippen molar-refractivity contribution < 1.29 is 4.74 Å². The standard InChI is InChI=1S/C11H8Br2OS/c12-10-6-8(11(13)15-10)7-14-9-4-2-1-3-5-9/h1-6H,7H2. The number of rotatable bonds is 3. The lowest BCUT2D eigenvalue weighted by Crippen LogP contribution is -1.93. The smallest absolute Gasteiger partial charge is 0.119 e. The van der Waals surface area contributed by atoms with Gasteiger partial charge in [-0.15, -0.1) is 11.3 Å². The molecule has 0 unspecified atom stereocenters. The van der Waals surface area contributed by atoms with Crippen LogP contribution in [0.1, 0.15) is 5.56 Å². The van der Waals surface area contributed by atoms with E-state index in [0.717, 1.165) is 18.9 Å². The molecule has 2 aromatic rings. The predicted octanol–water partition coefficient (Wildman–Crippen LogP) is 4.85. The summed E-state index contributed by atoms with van der Waals surface area (Å²) in [5, 5.41) is 0. The van der Waals surface area contributed by atoms with Crippen molar-refractivity contribution in [1.82, 2.24) is 0 Å². The van der Waals surface area contributed by atoms with Gasteiger partial charge in [0.2, 0.25) is 0 Å². The molecule has 15 heavy (non-hydrogen) atoms. The maximum Gasteiger partial charge on any atom is 0.119 e. The molecule has 0 amide bonds. The Labute approximate surface area is 109 Å². The Kier molecular flexibility index (Phi) is 3.83. The van der Waals surface area contributed by atoms with E-state index in [9.17, 15) is 0 Å². The molecule has 0 bridgehead atoms. The fourth-order valence-corrected chi connectivity index (χ4v) is 3.94. The second-order valence-electron chi connectivity index (χ2n) is 2.95. The summed E-state index contributed by atoms with van der Waals surface area (Å²) in [6, 6.07) is 11.9. The van der Waals surface area contributed by atoms with Crippen LogP contribution >= 0.6 is 43.2 Å². The first-order chi connectivity index (χ1) is 7.25. The van der Waals surface area contributed by atoms with Gasteiger partial charge in [0.25, 0.3) is 0 Å². The molecule has 0 fully saturated rings. The molecule has 0 aliphatic heterocycles. The molecular formula is C11H8Br2OS. The monoisotopic (exact) mass is 346 g/mol. The Morgan fingerprint density at radius 2 is 1.87 bits per heavy atom. The number of benzene rings is 1. The van der Waals surface area contributed by atoms with Crippen LogP contribution in [0.3, 0.4) is 0 Å². The van der Waals surface area contributed by atoms with Crippen LogP contribution in [0.25, 0.3) is 0 Å². The molecule has 0 aliphatic carbocycles. The highest BCUT2D eigenvalue weighted by atomic mass is 79.9. The van der Waals surface area contributed by atoms with Crippen LogP contribution in [0.2, 0.25) is 0 Å². The first kappa shape index (κ1) is 11.2. The number of hydrogen-bond acceptors (Lipinski definition) is 2. The van der Waals surface area contributed by atoms with E-state index in [2.05, 4.69) is 37.9 Å². The second-order valence-corrected chi connectivity index (χ2v) is 6.70. The van der Waals surface area contributed by atoms with Crippen LogP contribution in [0, 0.1) is 0 Å².